The first kappa shape index (κ1) is 21.5. The number of fused-ring (bicyclic) bond motifs is 1. The SMILES string of the molecule is COc1cccc2c(Nc3ccc(Cc4ccc(Nc5ccncc5)cc4)cc3)cc(C)nc12. The lowest BCUT2D eigenvalue weighted by molar-refractivity contribution is 0.419. The monoisotopic (exact) mass is 446 g/mol. The van der Waals surface area contributed by atoms with Crippen molar-refractivity contribution in [2.75, 3.05) is 17.7 Å². The van der Waals surface area contributed by atoms with Gasteiger partial charge >= 0.3 is 0 Å². The number of aryl methyl sites for hydroxylation is 1. The van der Waals surface area contributed by atoms with Crippen molar-refractivity contribution in [3.63, 3.8) is 0 Å². The summed E-state index contributed by atoms with van der Waals surface area (Å²) in [5.41, 5.74) is 8.49. The summed E-state index contributed by atoms with van der Waals surface area (Å²) in [6.45, 7) is 2.00. The smallest absolute Gasteiger partial charge is 0.145 e. The summed E-state index contributed by atoms with van der Waals surface area (Å²) in [6.07, 6.45) is 4.44. The number of rotatable bonds is 7. The third-order valence-electron chi connectivity index (χ3n) is 5.71. The molecule has 0 aliphatic rings. The highest BCUT2D eigenvalue weighted by atomic mass is 16.5. The van der Waals surface area contributed by atoms with Crippen LogP contribution in [0.4, 0.5) is 22.7 Å². The van der Waals surface area contributed by atoms with Gasteiger partial charge in [-0.05, 0) is 73.0 Å². The maximum absolute atomic E-state index is 5.50. The highest BCUT2D eigenvalue weighted by Gasteiger charge is 2.09. The van der Waals surface area contributed by atoms with Crippen LogP contribution < -0.4 is 15.4 Å². The van der Waals surface area contributed by atoms with E-state index in [1.165, 1.54) is 11.1 Å². The molecule has 34 heavy (non-hydrogen) atoms. The summed E-state index contributed by atoms with van der Waals surface area (Å²) in [5.74, 6) is 0.779. The van der Waals surface area contributed by atoms with Gasteiger partial charge in [-0.25, -0.2) is 4.98 Å². The van der Waals surface area contributed by atoms with E-state index < -0.39 is 0 Å². The summed E-state index contributed by atoms with van der Waals surface area (Å²) < 4.78 is 5.50. The second kappa shape index (κ2) is 9.63. The Labute approximate surface area is 199 Å². The molecule has 0 saturated heterocycles. The zero-order chi connectivity index (χ0) is 23.3. The lowest BCUT2D eigenvalue weighted by atomic mass is 10.0. The van der Waals surface area contributed by atoms with Gasteiger partial charge in [0.25, 0.3) is 0 Å². The topological polar surface area (TPSA) is 59.1 Å². The summed E-state index contributed by atoms with van der Waals surface area (Å²) >= 11 is 0. The van der Waals surface area contributed by atoms with E-state index in [1.807, 2.05) is 31.2 Å². The van der Waals surface area contributed by atoms with Crippen molar-refractivity contribution in [2.45, 2.75) is 13.3 Å². The van der Waals surface area contributed by atoms with Crippen LogP contribution >= 0.6 is 0 Å². The predicted octanol–water partition coefficient (Wildman–Crippen LogP) is 7.02. The molecule has 168 valence electrons. The number of anilines is 4. The van der Waals surface area contributed by atoms with Crippen LogP contribution in [0.5, 0.6) is 5.75 Å². The van der Waals surface area contributed by atoms with Crippen molar-refractivity contribution in [3.05, 3.63) is 114 Å². The first-order chi connectivity index (χ1) is 16.7. The van der Waals surface area contributed by atoms with Crippen molar-refractivity contribution in [2.24, 2.45) is 0 Å². The van der Waals surface area contributed by atoms with Gasteiger partial charge in [-0.1, -0.05) is 36.4 Å². The fourth-order valence-corrected chi connectivity index (χ4v) is 4.02. The van der Waals surface area contributed by atoms with Gasteiger partial charge in [-0.2, -0.15) is 0 Å². The minimum atomic E-state index is 0.779. The Kier molecular flexibility index (Phi) is 6.08. The maximum atomic E-state index is 5.50. The normalized spacial score (nSPS) is 10.8. The molecule has 0 spiro atoms. The third-order valence-corrected chi connectivity index (χ3v) is 5.71. The Morgan fingerprint density at radius 1 is 0.735 bits per heavy atom. The molecule has 0 aliphatic heterocycles. The predicted molar refractivity (Wildman–Crippen MR) is 140 cm³/mol. The van der Waals surface area contributed by atoms with E-state index in [2.05, 4.69) is 81.3 Å². The summed E-state index contributed by atoms with van der Waals surface area (Å²) in [6, 6.07) is 29.1. The number of ether oxygens (including phenoxy) is 1. The first-order valence-corrected chi connectivity index (χ1v) is 11.2. The molecule has 5 rings (SSSR count). The average Bonchev–Trinajstić information content (AvgIpc) is 2.87. The van der Waals surface area contributed by atoms with Crippen molar-refractivity contribution >= 4 is 33.7 Å². The molecule has 0 atom stereocenters. The second-order valence-corrected chi connectivity index (χ2v) is 8.22. The summed E-state index contributed by atoms with van der Waals surface area (Å²) in [5, 5.41) is 7.98. The summed E-state index contributed by atoms with van der Waals surface area (Å²) in [7, 11) is 1.68. The fourth-order valence-electron chi connectivity index (χ4n) is 4.02. The van der Waals surface area contributed by atoms with Crippen LogP contribution in [0.2, 0.25) is 0 Å². The molecule has 0 bridgehead atoms. The van der Waals surface area contributed by atoms with Gasteiger partial charge in [0.2, 0.25) is 0 Å². The number of aromatic nitrogens is 2. The number of benzene rings is 3. The Bertz CT molecular complexity index is 1400. The number of para-hydroxylation sites is 1. The molecule has 5 heteroatoms. The van der Waals surface area contributed by atoms with Gasteiger partial charge < -0.3 is 15.4 Å². The number of nitrogens with zero attached hydrogens (tertiary/aromatic N) is 2. The molecule has 2 heterocycles. The third kappa shape index (κ3) is 4.84. The van der Waals surface area contributed by atoms with Crippen molar-refractivity contribution in [1.82, 2.24) is 9.97 Å². The van der Waals surface area contributed by atoms with Gasteiger partial charge in [-0.15, -0.1) is 0 Å². The first-order valence-electron chi connectivity index (χ1n) is 11.2. The Hall–Kier alpha value is -4.38. The van der Waals surface area contributed by atoms with E-state index in [0.717, 1.165) is 51.5 Å². The van der Waals surface area contributed by atoms with Crippen LogP contribution in [0.3, 0.4) is 0 Å². The molecular formula is C29H26N4O. The van der Waals surface area contributed by atoms with E-state index in [-0.39, 0.29) is 0 Å². The van der Waals surface area contributed by atoms with Crippen LogP contribution in [0, 0.1) is 6.92 Å². The summed E-state index contributed by atoms with van der Waals surface area (Å²) in [4.78, 5) is 8.72. The van der Waals surface area contributed by atoms with Crippen LogP contribution in [0.1, 0.15) is 16.8 Å². The number of hydrogen-bond acceptors (Lipinski definition) is 5. The van der Waals surface area contributed by atoms with Gasteiger partial charge in [0.1, 0.15) is 11.3 Å². The van der Waals surface area contributed by atoms with Crippen molar-refractivity contribution in [3.8, 4) is 5.75 Å². The molecule has 5 aromatic rings. The molecule has 2 N–H and O–H groups in total. The Balaban J connectivity index is 1.28. The number of nitrogens with one attached hydrogen (secondary N) is 2. The van der Waals surface area contributed by atoms with E-state index >= 15 is 0 Å². The van der Waals surface area contributed by atoms with Crippen molar-refractivity contribution in [1.29, 1.82) is 0 Å². The minimum absolute atomic E-state index is 0.779. The molecule has 3 aromatic carbocycles. The van der Waals surface area contributed by atoms with Crippen LogP contribution in [-0.4, -0.2) is 17.1 Å². The van der Waals surface area contributed by atoms with E-state index in [4.69, 9.17) is 4.74 Å². The lowest BCUT2D eigenvalue weighted by Crippen LogP contribution is -1.97. The van der Waals surface area contributed by atoms with Gasteiger partial charge in [0, 0.05) is 46.2 Å². The molecule has 0 unspecified atom stereocenters. The molecule has 0 aliphatic carbocycles. The minimum Gasteiger partial charge on any atom is -0.494 e. The highest BCUT2D eigenvalue weighted by molar-refractivity contribution is 5.96. The van der Waals surface area contributed by atoms with Crippen LogP contribution in [-0.2, 0) is 6.42 Å². The largest absolute Gasteiger partial charge is 0.494 e. The van der Waals surface area contributed by atoms with Gasteiger partial charge in [0.15, 0.2) is 0 Å². The standard InChI is InChI=1S/C29H26N4O/c1-20-18-27(26-4-3-5-28(34-2)29(26)31-20)33-24-12-8-22(9-13-24)19-21-6-10-23(11-7-21)32-25-14-16-30-17-15-25/h3-18H,19H2,1-2H3,(H,30,32)(H,31,33). The van der Waals surface area contributed by atoms with Crippen LogP contribution in [0.15, 0.2) is 97.3 Å². The molecule has 0 radical (unpaired) electrons. The zero-order valence-electron chi connectivity index (χ0n) is 19.2. The number of hydrogen-bond donors (Lipinski definition) is 2. The van der Waals surface area contributed by atoms with Crippen LogP contribution in [0.25, 0.3) is 10.9 Å². The molecule has 0 amide bonds. The Morgan fingerprint density at radius 3 is 2.00 bits per heavy atom. The zero-order valence-corrected chi connectivity index (χ0v) is 19.2. The van der Waals surface area contributed by atoms with Crippen molar-refractivity contribution < 1.29 is 4.74 Å². The molecule has 0 saturated carbocycles. The van der Waals surface area contributed by atoms with E-state index in [0.29, 0.717) is 0 Å². The van der Waals surface area contributed by atoms with Gasteiger partial charge in [-0.3, -0.25) is 4.98 Å². The molecule has 5 nitrogen and oxygen atoms in total. The highest BCUT2D eigenvalue weighted by Crippen LogP contribution is 2.31. The van der Waals surface area contributed by atoms with E-state index in [1.54, 1.807) is 19.5 Å². The molecule has 2 aromatic heterocycles. The van der Waals surface area contributed by atoms with E-state index in [9.17, 15) is 0 Å². The second-order valence-electron chi connectivity index (χ2n) is 8.22. The number of methoxy groups -OCH3 is 1. The fraction of sp³-hybridized carbons (Fsp3) is 0.103. The average molecular weight is 447 g/mol. The maximum Gasteiger partial charge on any atom is 0.145 e. The quantitative estimate of drug-likeness (QED) is 0.281. The number of pyridine rings is 2. The molecular weight excluding hydrogens is 420 g/mol. The van der Waals surface area contributed by atoms with Gasteiger partial charge in [0.05, 0.1) is 7.11 Å². The lowest BCUT2D eigenvalue weighted by Gasteiger charge is -2.13. The molecule has 0 fully saturated rings. The Morgan fingerprint density at radius 2 is 1.35 bits per heavy atom.